The lowest BCUT2D eigenvalue weighted by atomic mass is 10.0. The average molecular weight is 292 g/mol. The summed E-state index contributed by atoms with van der Waals surface area (Å²) in [5, 5.41) is 11.7. The number of carbonyl (C=O) groups is 2. The molecule has 1 aromatic carbocycles. The van der Waals surface area contributed by atoms with Crippen molar-refractivity contribution < 1.29 is 14.7 Å². The Morgan fingerprint density at radius 1 is 1.24 bits per heavy atom. The second-order valence-corrected chi connectivity index (χ2v) is 5.17. The zero-order chi connectivity index (χ0) is 15.7. The van der Waals surface area contributed by atoms with Gasteiger partial charge in [-0.25, -0.2) is 4.79 Å². The lowest BCUT2D eigenvalue weighted by Crippen LogP contribution is -2.48. The number of carboxylic acids is 1. The third-order valence-corrected chi connectivity index (χ3v) is 3.38. The highest BCUT2D eigenvalue weighted by atomic mass is 16.4. The summed E-state index contributed by atoms with van der Waals surface area (Å²) in [6.07, 6.45) is 3.34. The van der Waals surface area contributed by atoms with Crippen molar-refractivity contribution in [2.24, 2.45) is 5.73 Å². The number of nitrogens with two attached hydrogens (primary N) is 1. The molecular formula is C16H24N2O3. The molecule has 0 aliphatic heterocycles. The average Bonchev–Trinajstić information content (AvgIpc) is 2.49. The number of benzene rings is 1. The van der Waals surface area contributed by atoms with E-state index in [9.17, 15) is 14.7 Å². The van der Waals surface area contributed by atoms with Crippen LogP contribution >= 0.6 is 0 Å². The van der Waals surface area contributed by atoms with Gasteiger partial charge in [0.1, 0.15) is 6.04 Å². The van der Waals surface area contributed by atoms with E-state index in [1.807, 2.05) is 37.3 Å². The summed E-state index contributed by atoms with van der Waals surface area (Å²) in [5.74, 6) is -1.41. The van der Waals surface area contributed by atoms with E-state index in [1.54, 1.807) is 0 Å². The van der Waals surface area contributed by atoms with Crippen LogP contribution in [0.1, 0.15) is 38.2 Å². The number of amides is 1. The minimum Gasteiger partial charge on any atom is -0.480 e. The van der Waals surface area contributed by atoms with Gasteiger partial charge in [0.2, 0.25) is 5.91 Å². The zero-order valence-corrected chi connectivity index (χ0v) is 12.4. The molecule has 0 fully saturated rings. The highest BCUT2D eigenvalue weighted by molar-refractivity contribution is 5.86. The zero-order valence-electron chi connectivity index (χ0n) is 12.4. The Morgan fingerprint density at radius 2 is 1.90 bits per heavy atom. The molecule has 4 N–H and O–H groups in total. The Bertz CT molecular complexity index is 448. The Hall–Kier alpha value is -1.88. The highest BCUT2D eigenvalue weighted by Crippen LogP contribution is 2.06. The van der Waals surface area contributed by atoms with E-state index in [4.69, 9.17) is 5.73 Å². The van der Waals surface area contributed by atoms with Crippen LogP contribution in [0.25, 0.3) is 0 Å². The van der Waals surface area contributed by atoms with Gasteiger partial charge < -0.3 is 16.2 Å². The molecule has 0 spiro atoms. The lowest BCUT2D eigenvalue weighted by Gasteiger charge is -2.17. The predicted octanol–water partition coefficient (Wildman–Crippen LogP) is 1.71. The van der Waals surface area contributed by atoms with Gasteiger partial charge in [-0.1, -0.05) is 50.1 Å². The highest BCUT2D eigenvalue weighted by Gasteiger charge is 2.22. The Labute approximate surface area is 125 Å². The molecule has 1 unspecified atom stereocenters. The molecule has 1 amide bonds. The number of carbonyl (C=O) groups excluding carboxylic acids is 1. The smallest absolute Gasteiger partial charge is 0.326 e. The molecule has 0 radical (unpaired) electrons. The van der Waals surface area contributed by atoms with Crippen LogP contribution < -0.4 is 11.1 Å². The fourth-order valence-corrected chi connectivity index (χ4v) is 2.05. The normalized spacial score (nSPS) is 13.4. The molecule has 0 heterocycles. The SMILES string of the molecule is CCCC[C@H](N)C(=O)NC(CCc1ccccc1)C(=O)O. The number of nitrogens with one attached hydrogen (secondary N) is 1. The van der Waals surface area contributed by atoms with E-state index in [2.05, 4.69) is 5.32 Å². The van der Waals surface area contributed by atoms with Crippen molar-refractivity contribution in [3.63, 3.8) is 0 Å². The van der Waals surface area contributed by atoms with Crippen molar-refractivity contribution in [3.05, 3.63) is 35.9 Å². The Morgan fingerprint density at radius 3 is 2.48 bits per heavy atom. The van der Waals surface area contributed by atoms with Gasteiger partial charge in [0.05, 0.1) is 6.04 Å². The molecule has 21 heavy (non-hydrogen) atoms. The van der Waals surface area contributed by atoms with E-state index < -0.39 is 18.1 Å². The molecule has 1 rings (SSSR count). The lowest BCUT2D eigenvalue weighted by molar-refractivity contribution is -0.142. The quantitative estimate of drug-likeness (QED) is 0.646. The summed E-state index contributed by atoms with van der Waals surface area (Å²) in [6, 6.07) is 8.07. The van der Waals surface area contributed by atoms with E-state index in [0.717, 1.165) is 18.4 Å². The van der Waals surface area contributed by atoms with E-state index >= 15 is 0 Å². The number of hydrogen-bond donors (Lipinski definition) is 3. The fraction of sp³-hybridized carbons (Fsp3) is 0.500. The van der Waals surface area contributed by atoms with Crippen LogP contribution in [0.15, 0.2) is 30.3 Å². The maximum atomic E-state index is 11.9. The molecule has 5 nitrogen and oxygen atoms in total. The largest absolute Gasteiger partial charge is 0.480 e. The van der Waals surface area contributed by atoms with Gasteiger partial charge in [0, 0.05) is 0 Å². The van der Waals surface area contributed by atoms with Crippen LogP contribution in [-0.4, -0.2) is 29.1 Å². The molecule has 0 aliphatic carbocycles. The third-order valence-electron chi connectivity index (χ3n) is 3.38. The minimum absolute atomic E-state index is 0.353. The number of aliphatic carboxylic acids is 1. The van der Waals surface area contributed by atoms with Gasteiger partial charge in [-0.2, -0.15) is 0 Å². The van der Waals surface area contributed by atoms with Crippen LogP contribution in [0.3, 0.4) is 0 Å². The molecule has 1 aromatic rings. The first-order valence-electron chi connectivity index (χ1n) is 7.37. The predicted molar refractivity (Wildman–Crippen MR) is 81.8 cm³/mol. The fourth-order valence-electron chi connectivity index (χ4n) is 2.05. The maximum absolute atomic E-state index is 11.9. The van der Waals surface area contributed by atoms with Crippen LogP contribution in [0.2, 0.25) is 0 Å². The van der Waals surface area contributed by atoms with Gasteiger partial charge in [-0.05, 0) is 24.8 Å². The van der Waals surface area contributed by atoms with Gasteiger partial charge in [-0.3, -0.25) is 4.79 Å². The van der Waals surface area contributed by atoms with Crippen molar-refractivity contribution in [2.75, 3.05) is 0 Å². The Balaban J connectivity index is 2.50. The van der Waals surface area contributed by atoms with Gasteiger partial charge in [0.25, 0.3) is 0 Å². The van der Waals surface area contributed by atoms with Crippen LogP contribution in [0, 0.1) is 0 Å². The van der Waals surface area contributed by atoms with E-state index in [1.165, 1.54) is 0 Å². The monoisotopic (exact) mass is 292 g/mol. The maximum Gasteiger partial charge on any atom is 0.326 e. The van der Waals surface area contributed by atoms with Crippen LogP contribution in [0.5, 0.6) is 0 Å². The van der Waals surface area contributed by atoms with Gasteiger partial charge in [0.15, 0.2) is 0 Å². The Kier molecular flexibility index (Phi) is 7.46. The molecule has 0 bridgehead atoms. The third kappa shape index (κ3) is 6.40. The summed E-state index contributed by atoms with van der Waals surface area (Å²) in [7, 11) is 0. The number of hydrogen-bond acceptors (Lipinski definition) is 3. The number of unbranched alkanes of at least 4 members (excludes halogenated alkanes) is 1. The summed E-state index contributed by atoms with van der Waals surface area (Å²) in [6.45, 7) is 2.02. The minimum atomic E-state index is -1.03. The topological polar surface area (TPSA) is 92.4 Å². The van der Waals surface area contributed by atoms with E-state index in [0.29, 0.717) is 19.3 Å². The summed E-state index contributed by atoms with van der Waals surface area (Å²) in [4.78, 5) is 23.1. The molecule has 0 saturated carbocycles. The van der Waals surface area contributed by atoms with E-state index in [-0.39, 0.29) is 5.91 Å². The van der Waals surface area contributed by atoms with Crippen molar-refractivity contribution in [1.82, 2.24) is 5.32 Å². The summed E-state index contributed by atoms with van der Waals surface area (Å²) >= 11 is 0. The first-order chi connectivity index (χ1) is 10.0. The summed E-state index contributed by atoms with van der Waals surface area (Å²) in [5.41, 5.74) is 6.80. The molecule has 5 heteroatoms. The number of aryl methyl sites for hydroxylation is 1. The first kappa shape index (κ1) is 17.2. The van der Waals surface area contributed by atoms with Crippen molar-refractivity contribution in [1.29, 1.82) is 0 Å². The second-order valence-electron chi connectivity index (χ2n) is 5.17. The molecule has 2 atom stereocenters. The first-order valence-corrected chi connectivity index (χ1v) is 7.37. The molecule has 0 saturated heterocycles. The van der Waals surface area contributed by atoms with Crippen molar-refractivity contribution in [2.45, 2.75) is 51.1 Å². The van der Waals surface area contributed by atoms with Crippen LogP contribution in [-0.2, 0) is 16.0 Å². The molecule has 0 aromatic heterocycles. The summed E-state index contributed by atoms with van der Waals surface area (Å²) < 4.78 is 0. The van der Waals surface area contributed by atoms with Crippen LogP contribution in [0.4, 0.5) is 0 Å². The number of rotatable bonds is 9. The number of carboxylic acid groups (broad SMARTS) is 1. The van der Waals surface area contributed by atoms with Crippen molar-refractivity contribution >= 4 is 11.9 Å². The molecule has 0 aliphatic rings. The standard InChI is InChI=1S/C16H24N2O3/c1-2-3-9-13(17)15(19)18-14(16(20)21)11-10-12-7-5-4-6-8-12/h4-8,13-14H,2-3,9-11,17H2,1H3,(H,18,19)(H,20,21)/t13-,14?/m0/s1. The van der Waals surface area contributed by atoms with Crippen molar-refractivity contribution in [3.8, 4) is 0 Å². The molecule has 116 valence electrons. The molecular weight excluding hydrogens is 268 g/mol. The van der Waals surface area contributed by atoms with Gasteiger partial charge >= 0.3 is 5.97 Å². The second kappa shape index (κ2) is 9.13. The van der Waals surface area contributed by atoms with Gasteiger partial charge in [-0.15, -0.1) is 0 Å².